The number of nitrogens with zero attached hydrogens (tertiary/aromatic N) is 2. The molecule has 0 saturated carbocycles. The van der Waals surface area contributed by atoms with Gasteiger partial charge < -0.3 is 9.84 Å². The van der Waals surface area contributed by atoms with Crippen molar-refractivity contribution in [2.45, 2.75) is 0 Å². The molecule has 0 aliphatic carbocycles. The number of aromatic nitrogens is 2. The van der Waals surface area contributed by atoms with Crippen molar-refractivity contribution in [2.75, 3.05) is 7.11 Å². The van der Waals surface area contributed by atoms with Crippen molar-refractivity contribution in [3.8, 4) is 17.0 Å². The number of rotatable bonds is 3. The van der Waals surface area contributed by atoms with Crippen molar-refractivity contribution in [3.63, 3.8) is 0 Å². The molecule has 2 aromatic rings. The van der Waals surface area contributed by atoms with Crippen LogP contribution in [0.5, 0.6) is 5.75 Å². The number of carboxylic acids is 1. The third-order valence-corrected chi connectivity index (χ3v) is 2.68. The molecule has 1 aromatic heterocycles. The Labute approximate surface area is 108 Å². The summed E-state index contributed by atoms with van der Waals surface area (Å²) in [7, 11) is 2.98. The van der Waals surface area contributed by atoms with E-state index in [1.807, 2.05) is 0 Å². The van der Waals surface area contributed by atoms with Crippen LogP contribution in [0, 0.1) is 0 Å². The van der Waals surface area contributed by atoms with Crippen molar-refractivity contribution < 1.29 is 14.6 Å². The van der Waals surface area contributed by atoms with Gasteiger partial charge in [0, 0.05) is 12.6 Å². The molecule has 98 valence electrons. The van der Waals surface area contributed by atoms with Crippen molar-refractivity contribution in [1.29, 1.82) is 0 Å². The lowest BCUT2D eigenvalue weighted by atomic mass is 10.1. The molecule has 0 spiro atoms. The highest BCUT2D eigenvalue weighted by molar-refractivity contribution is 5.88. The molecule has 0 atom stereocenters. The van der Waals surface area contributed by atoms with E-state index in [1.165, 1.54) is 13.1 Å². The standard InChI is InChI=1S/C13H12N2O4/c1-15-12(16)10(13(17)18)7-11(14-15)8-3-5-9(19-2)6-4-8/h3-7H,1-2H3,(H,17,18). The molecule has 0 fully saturated rings. The zero-order valence-corrected chi connectivity index (χ0v) is 10.5. The lowest BCUT2D eigenvalue weighted by Gasteiger charge is -2.06. The van der Waals surface area contributed by atoms with Crippen LogP contribution in [0.3, 0.4) is 0 Å². The molecule has 19 heavy (non-hydrogen) atoms. The summed E-state index contributed by atoms with van der Waals surface area (Å²) in [5.74, 6) is -0.579. The lowest BCUT2D eigenvalue weighted by Crippen LogP contribution is -2.26. The first kappa shape index (κ1) is 12.8. The first-order valence-electron chi connectivity index (χ1n) is 5.49. The zero-order chi connectivity index (χ0) is 14.0. The van der Waals surface area contributed by atoms with Crippen molar-refractivity contribution in [2.24, 2.45) is 7.05 Å². The number of ether oxygens (including phenoxy) is 1. The minimum absolute atomic E-state index is 0.302. The van der Waals surface area contributed by atoms with Gasteiger partial charge in [-0.15, -0.1) is 0 Å². The van der Waals surface area contributed by atoms with E-state index in [0.717, 1.165) is 4.68 Å². The summed E-state index contributed by atoms with van der Waals surface area (Å²) in [4.78, 5) is 22.6. The molecule has 0 aliphatic rings. The third kappa shape index (κ3) is 2.47. The third-order valence-electron chi connectivity index (χ3n) is 2.68. The van der Waals surface area contributed by atoms with E-state index in [1.54, 1.807) is 31.4 Å². The predicted octanol–water partition coefficient (Wildman–Crippen LogP) is 1.15. The molecule has 0 bridgehead atoms. The van der Waals surface area contributed by atoms with Crippen molar-refractivity contribution >= 4 is 5.97 Å². The number of methoxy groups -OCH3 is 1. The molecule has 1 aromatic carbocycles. The van der Waals surface area contributed by atoms with E-state index in [2.05, 4.69) is 5.10 Å². The molecule has 0 saturated heterocycles. The average Bonchev–Trinajstić information content (AvgIpc) is 2.41. The van der Waals surface area contributed by atoms with Gasteiger partial charge in [0.25, 0.3) is 5.56 Å². The van der Waals surface area contributed by atoms with Gasteiger partial charge in [0.05, 0.1) is 12.8 Å². The summed E-state index contributed by atoms with van der Waals surface area (Å²) in [6.07, 6.45) is 0. The molecular formula is C13H12N2O4. The molecule has 1 heterocycles. The Kier molecular flexibility index (Phi) is 3.33. The van der Waals surface area contributed by atoms with Gasteiger partial charge in [0.15, 0.2) is 0 Å². The number of aromatic carboxylic acids is 1. The van der Waals surface area contributed by atoms with Gasteiger partial charge in [-0.2, -0.15) is 5.10 Å². The first-order valence-corrected chi connectivity index (χ1v) is 5.49. The van der Waals surface area contributed by atoms with Gasteiger partial charge in [0.2, 0.25) is 0 Å². The molecule has 6 nitrogen and oxygen atoms in total. The molecule has 0 radical (unpaired) electrons. The monoisotopic (exact) mass is 260 g/mol. The molecule has 1 N–H and O–H groups in total. The highest BCUT2D eigenvalue weighted by Gasteiger charge is 2.13. The van der Waals surface area contributed by atoms with E-state index in [-0.39, 0.29) is 5.56 Å². The Balaban J connectivity index is 2.56. The van der Waals surface area contributed by atoms with Crippen LogP contribution in [-0.2, 0) is 7.05 Å². The van der Waals surface area contributed by atoms with E-state index in [4.69, 9.17) is 9.84 Å². The van der Waals surface area contributed by atoms with Gasteiger partial charge in [-0.3, -0.25) is 4.79 Å². The minimum atomic E-state index is -1.27. The second-order valence-electron chi connectivity index (χ2n) is 3.91. The van der Waals surface area contributed by atoms with Gasteiger partial charge in [0.1, 0.15) is 11.3 Å². The van der Waals surface area contributed by atoms with Crippen LogP contribution in [0.25, 0.3) is 11.3 Å². The van der Waals surface area contributed by atoms with Crippen molar-refractivity contribution in [3.05, 3.63) is 46.2 Å². The summed E-state index contributed by atoms with van der Waals surface area (Å²) in [5.41, 5.74) is 0.189. The normalized spacial score (nSPS) is 10.2. The number of carbonyl (C=O) groups is 1. The molecule has 0 aliphatic heterocycles. The summed E-state index contributed by atoms with van der Waals surface area (Å²) in [5, 5.41) is 13.0. The summed E-state index contributed by atoms with van der Waals surface area (Å²) in [6.45, 7) is 0. The molecule has 6 heteroatoms. The second-order valence-corrected chi connectivity index (χ2v) is 3.91. The lowest BCUT2D eigenvalue weighted by molar-refractivity contribution is 0.0694. The fourth-order valence-electron chi connectivity index (χ4n) is 1.66. The van der Waals surface area contributed by atoms with Gasteiger partial charge in [-0.05, 0) is 30.3 Å². The molecule has 0 unspecified atom stereocenters. The fourth-order valence-corrected chi connectivity index (χ4v) is 1.66. The zero-order valence-electron chi connectivity index (χ0n) is 10.5. The van der Waals surface area contributed by atoms with E-state index in [0.29, 0.717) is 17.0 Å². The predicted molar refractivity (Wildman–Crippen MR) is 68.4 cm³/mol. The number of carboxylic acid groups (broad SMARTS) is 1. The van der Waals surface area contributed by atoms with Crippen LogP contribution in [0.2, 0.25) is 0 Å². The van der Waals surface area contributed by atoms with Crippen LogP contribution in [-0.4, -0.2) is 28.0 Å². The second kappa shape index (κ2) is 4.93. The fraction of sp³-hybridized carbons (Fsp3) is 0.154. The summed E-state index contributed by atoms with van der Waals surface area (Å²) >= 11 is 0. The average molecular weight is 260 g/mol. The van der Waals surface area contributed by atoms with Crippen molar-refractivity contribution in [1.82, 2.24) is 9.78 Å². The Morgan fingerprint density at radius 1 is 1.32 bits per heavy atom. The van der Waals surface area contributed by atoms with Crippen LogP contribution in [0.1, 0.15) is 10.4 Å². The summed E-state index contributed by atoms with van der Waals surface area (Å²) in [6, 6.07) is 8.24. The van der Waals surface area contributed by atoms with Gasteiger partial charge in [-0.1, -0.05) is 0 Å². The largest absolute Gasteiger partial charge is 0.497 e. The van der Waals surface area contributed by atoms with E-state index >= 15 is 0 Å². The molecule has 0 amide bonds. The maximum Gasteiger partial charge on any atom is 0.341 e. The van der Waals surface area contributed by atoms with Crippen LogP contribution < -0.4 is 10.3 Å². The van der Waals surface area contributed by atoms with Crippen LogP contribution in [0.15, 0.2) is 35.1 Å². The summed E-state index contributed by atoms with van der Waals surface area (Å²) < 4.78 is 6.06. The Morgan fingerprint density at radius 2 is 1.95 bits per heavy atom. The van der Waals surface area contributed by atoms with Crippen LogP contribution in [0.4, 0.5) is 0 Å². The maximum absolute atomic E-state index is 11.6. The number of hydrogen-bond donors (Lipinski definition) is 1. The van der Waals surface area contributed by atoms with Gasteiger partial charge in [-0.25, -0.2) is 9.48 Å². The topological polar surface area (TPSA) is 81.4 Å². The van der Waals surface area contributed by atoms with E-state index in [9.17, 15) is 9.59 Å². The Bertz CT molecular complexity index is 674. The Morgan fingerprint density at radius 3 is 2.47 bits per heavy atom. The number of benzene rings is 1. The first-order chi connectivity index (χ1) is 9.02. The number of aryl methyl sites for hydroxylation is 1. The van der Waals surface area contributed by atoms with Gasteiger partial charge >= 0.3 is 5.97 Å². The maximum atomic E-state index is 11.6. The Hall–Kier alpha value is -2.63. The SMILES string of the molecule is COc1ccc(-c2cc(C(=O)O)c(=O)n(C)n2)cc1. The van der Waals surface area contributed by atoms with Crippen LogP contribution >= 0.6 is 0 Å². The quantitative estimate of drug-likeness (QED) is 0.895. The number of hydrogen-bond acceptors (Lipinski definition) is 4. The highest BCUT2D eigenvalue weighted by atomic mass is 16.5. The molecular weight excluding hydrogens is 248 g/mol. The van der Waals surface area contributed by atoms with E-state index < -0.39 is 11.5 Å². The molecule has 2 rings (SSSR count). The minimum Gasteiger partial charge on any atom is -0.497 e. The highest BCUT2D eigenvalue weighted by Crippen LogP contribution is 2.20. The smallest absolute Gasteiger partial charge is 0.341 e.